The predicted molar refractivity (Wildman–Crippen MR) is 277 cm³/mol. The topological polar surface area (TPSA) is 75.5 Å². The van der Waals surface area contributed by atoms with Crippen LogP contribution in [0, 0.1) is 22.7 Å². The lowest BCUT2D eigenvalue weighted by Crippen LogP contribution is -2.01. The normalized spacial score (nSPS) is 11.8. The van der Waals surface area contributed by atoms with Gasteiger partial charge in [-0.2, -0.15) is 10.5 Å². The molecule has 0 bridgehead atoms. The molecule has 6 heteroatoms. The van der Waals surface area contributed by atoms with Crippen LogP contribution in [0.3, 0.4) is 0 Å². The van der Waals surface area contributed by atoms with Gasteiger partial charge in [0.2, 0.25) is 0 Å². The number of benzene rings is 10. The van der Waals surface area contributed by atoms with Crippen molar-refractivity contribution in [3.8, 4) is 51.5 Å². The number of hydrogen-bond acceptors (Lipinski definition) is 3. The predicted octanol–water partition coefficient (Wildman–Crippen LogP) is 16.0. The summed E-state index contributed by atoms with van der Waals surface area (Å²) in [4.78, 5) is 0. The highest BCUT2D eigenvalue weighted by Gasteiger charge is 2.23. The van der Waals surface area contributed by atoms with E-state index in [0.29, 0.717) is 11.1 Å². The molecule has 0 aliphatic carbocycles. The van der Waals surface area contributed by atoms with Crippen LogP contribution in [0.5, 0.6) is 0 Å². The third-order valence-corrected chi connectivity index (χ3v) is 13.9. The van der Waals surface area contributed by atoms with Gasteiger partial charge in [0.1, 0.15) is 11.2 Å². The van der Waals surface area contributed by atoms with Gasteiger partial charge in [0.05, 0.1) is 56.4 Å². The summed E-state index contributed by atoms with van der Waals surface area (Å²) in [5, 5.41) is 29.5. The van der Waals surface area contributed by atoms with Crippen molar-refractivity contribution in [2.75, 3.05) is 0 Å². The fraction of sp³-hybridized carbons (Fsp3) is 0. The summed E-state index contributed by atoms with van der Waals surface area (Å²) in [6.07, 6.45) is 0. The van der Waals surface area contributed by atoms with Crippen LogP contribution < -0.4 is 0 Å². The number of aromatic nitrogens is 3. The van der Waals surface area contributed by atoms with Gasteiger partial charge in [0.25, 0.3) is 0 Å². The molecule has 0 aliphatic rings. The highest BCUT2D eigenvalue weighted by atomic mass is 16.3. The van der Waals surface area contributed by atoms with Gasteiger partial charge in [-0.15, -0.1) is 0 Å². The Morgan fingerprint density at radius 2 is 0.956 bits per heavy atom. The molecular weight excluding hydrogens is 831 g/mol. The number of rotatable bonds is 5. The Kier molecular flexibility index (Phi) is 8.01. The molecule has 4 aromatic heterocycles. The third kappa shape index (κ3) is 5.43. The van der Waals surface area contributed by atoms with E-state index in [9.17, 15) is 10.5 Å². The van der Waals surface area contributed by atoms with Crippen LogP contribution in [0.2, 0.25) is 0 Å². The molecular formula is C62H35N5O. The first-order valence-corrected chi connectivity index (χ1v) is 22.7. The zero-order valence-electron chi connectivity index (χ0n) is 36.4. The average Bonchev–Trinajstić information content (AvgIpc) is 4.14. The van der Waals surface area contributed by atoms with Gasteiger partial charge in [-0.05, 0) is 108 Å². The Morgan fingerprint density at radius 1 is 0.338 bits per heavy atom. The minimum atomic E-state index is 0.563. The summed E-state index contributed by atoms with van der Waals surface area (Å²) in [5.74, 6) is 0. The van der Waals surface area contributed by atoms with E-state index < -0.39 is 0 Å². The highest BCUT2D eigenvalue weighted by molar-refractivity contribution is 6.26. The number of nitrogens with zero attached hydrogens (tertiary/aromatic N) is 5. The van der Waals surface area contributed by atoms with E-state index in [0.717, 1.165) is 116 Å². The van der Waals surface area contributed by atoms with Crippen LogP contribution in [0.25, 0.3) is 127 Å². The first kappa shape index (κ1) is 37.7. The molecule has 314 valence electrons. The quantitative estimate of drug-likeness (QED) is 0.173. The van der Waals surface area contributed by atoms with Crippen molar-refractivity contribution in [3.63, 3.8) is 0 Å². The number of furan rings is 1. The second kappa shape index (κ2) is 14.4. The van der Waals surface area contributed by atoms with Gasteiger partial charge in [0.15, 0.2) is 0 Å². The summed E-state index contributed by atoms with van der Waals surface area (Å²) in [7, 11) is 0. The van der Waals surface area contributed by atoms with Crippen molar-refractivity contribution in [2.45, 2.75) is 0 Å². The van der Waals surface area contributed by atoms with Crippen LogP contribution in [0.15, 0.2) is 217 Å². The van der Waals surface area contributed by atoms with E-state index in [-0.39, 0.29) is 0 Å². The summed E-state index contributed by atoms with van der Waals surface area (Å²) < 4.78 is 13.7. The van der Waals surface area contributed by atoms with Crippen molar-refractivity contribution in [1.29, 1.82) is 10.5 Å². The zero-order chi connectivity index (χ0) is 45.0. The summed E-state index contributed by atoms with van der Waals surface area (Å²) in [6.45, 7) is 0. The lowest BCUT2D eigenvalue weighted by atomic mass is 9.94. The molecule has 0 fully saturated rings. The van der Waals surface area contributed by atoms with Gasteiger partial charge < -0.3 is 18.1 Å². The molecule has 14 rings (SSSR count). The fourth-order valence-electron chi connectivity index (χ4n) is 10.9. The lowest BCUT2D eigenvalue weighted by molar-refractivity contribution is 0.669. The molecule has 6 nitrogen and oxygen atoms in total. The SMILES string of the molecule is N#Cc1ccc(-c2ccc(C#N)c(-c3cc(-n4c5ccccc5c5cc6c(cc54)oc4ccccc46)cc(-n4c5ccccc5c5c4ccc4c6ccccc6n(-c6ccccc6)c45)c3)c2)cc1. The first-order valence-electron chi connectivity index (χ1n) is 22.7. The van der Waals surface area contributed by atoms with Crippen molar-refractivity contribution < 1.29 is 4.42 Å². The molecule has 4 heterocycles. The molecule has 0 aliphatic heterocycles. The number of para-hydroxylation sites is 5. The van der Waals surface area contributed by atoms with Crippen LogP contribution in [-0.2, 0) is 0 Å². The van der Waals surface area contributed by atoms with Crippen LogP contribution in [-0.4, -0.2) is 13.7 Å². The molecule has 0 atom stereocenters. The minimum Gasteiger partial charge on any atom is -0.456 e. The largest absolute Gasteiger partial charge is 0.456 e. The molecule has 14 aromatic rings. The summed E-state index contributed by atoms with van der Waals surface area (Å²) >= 11 is 0. The maximum absolute atomic E-state index is 10.8. The molecule has 0 saturated heterocycles. The van der Waals surface area contributed by atoms with E-state index in [1.165, 1.54) is 10.8 Å². The molecule has 10 aromatic carbocycles. The van der Waals surface area contributed by atoms with E-state index in [1.807, 2.05) is 48.5 Å². The molecule has 0 amide bonds. The van der Waals surface area contributed by atoms with Crippen molar-refractivity contribution in [2.24, 2.45) is 0 Å². The molecule has 0 saturated carbocycles. The van der Waals surface area contributed by atoms with Crippen LogP contribution >= 0.6 is 0 Å². The minimum absolute atomic E-state index is 0.563. The Bertz CT molecular complexity index is 4510. The van der Waals surface area contributed by atoms with E-state index >= 15 is 0 Å². The van der Waals surface area contributed by atoms with Gasteiger partial charge >= 0.3 is 0 Å². The Balaban J connectivity index is 1.11. The number of nitriles is 2. The summed E-state index contributed by atoms with van der Waals surface area (Å²) in [6, 6.07) is 79.0. The second-order valence-corrected chi connectivity index (χ2v) is 17.5. The number of hydrogen-bond donors (Lipinski definition) is 0. The lowest BCUT2D eigenvalue weighted by Gasteiger charge is -2.17. The van der Waals surface area contributed by atoms with Gasteiger partial charge in [-0.1, -0.05) is 115 Å². The molecule has 0 spiro atoms. The maximum Gasteiger partial charge on any atom is 0.137 e. The van der Waals surface area contributed by atoms with E-state index in [2.05, 4.69) is 190 Å². The monoisotopic (exact) mass is 865 g/mol. The van der Waals surface area contributed by atoms with Gasteiger partial charge in [-0.25, -0.2) is 0 Å². The number of fused-ring (bicyclic) bond motifs is 13. The van der Waals surface area contributed by atoms with Crippen molar-refractivity contribution in [3.05, 3.63) is 223 Å². The highest BCUT2D eigenvalue weighted by Crippen LogP contribution is 2.44. The average molecular weight is 866 g/mol. The Morgan fingerprint density at radius 3 is 1.69 bits per heavy atom. The molecule has 0 unspecified atom stereocenters. The zero-order valence-corrected chi connectivity index (χ0v) is 36.4. The maximum atomic E-state index is 10.8. The van der Waals surface area contributed by atoms with Crippen molar-refractivity contribution >= 4 is 87.4 Å². The fourth-order valence-corrected chi connectivity index (χ4v) is 10.9. The third-order valence-electron chi connectivity index (χ3n) is 13.9. The molecule has 0 N–H and O–H groups in total. The van der Waals surface area contributed by atoms with Crippen LogP contribution in [0.4, 0.5) is 0 Å². The van der Waals surface area contributed by atoms with E-state index in [1.54, 1.807) is 0 Å². The first-order chi connectivity index (χ1) is 33.6. The second-order valence-electron chi connectivity index (χ2n) is 17.5. The standard InChI is InChI=1S/C62H35N5O/c63-36-38-22-24-39(25-23-38)40-26-27-41(37-64)51(32-40)42-30-44(33-45(31-42)66-54-18-8-5-15-47(54)52-34-53-48-16-7-11-21-59(48)68-60(53)35-58(52)66)65-56-20-10-6-17-50(56)61-57(65)29-28-49-46-14-4-9-19-55(46)67(62(49)61)43-12-2-1-3-13-43/h1-35H. The Labute approximate surface area is 389 Å². The van der Waals surface area contributed by atoms with E-state index in [4.69, 9.17) is 4.42 Å². The molecule has 68 heavy (non-hydrogen) atoms. The van der Waals surface area contributed by atoms with Gasteiger partial charge in [0, 0.05) is 71.8 Å². The smallest absolute Gasteiger partial charge is 0.137 e. The van der Waals surface area contributed by atoms with Gasteiger partial charge in [-0.3, -0.25) is 0 Å². The molecule has 0 radical (unpaired) electrons. The van der Waals surface area contributed by atoms with Crippen LogP contribution in [0.1, 0.15) is 11.1 Å². The summed E-state index contributed by atoms with van der Waals surface area (Å²) in [5.41, 5.74) is 16.0. The Hall–Kier alpha value is -9.62. The van der Waals surface area contributed by atoms with Crippen molar-refractivity contribution in [1.82, 2.24) is 13.7 Å².